The van der Waals surface area contributed by atoms with Crippen LogP contribution in [0.1, 0.15) is 70.6 Å². The molecule has 2 fully saturated rings. The predicted octanol–water partition coefficient (Wildman–Crippen LogP) is 5.04. The summed E-state index contributed by atoms with van der Waals surface area (Å²) in [6, 6.07) is 0. The van der Waals surface area contributed by atoms with E-state index < -0.39 is 0 Å². The summed E-state index contributed by atoms with van der Waals surface area (Å²) in [4.78, 5) is 23.6. The van der Waals surface area contributed by atoms with Crippen molar-refractivity contribution in [3.8, 4) is 0 Å². The average Bonchev–Trinajstić information content (AvgIpc) is 3.36. The van der Waals surface area contributed by atoms with Crippen molar-refractivity contribution in [2.75, 3.05) is 24.6 Å². The first-order valence-electron chi connectivity index (χ1n) is 10.3. The van der Waals surface area contributed by atoms with E-state index in [1.165, 1.54) is 37.2 Å². The Labute approximate surface area is 180 Å². The Morgan fingerprint density at radius 2 is 1.19 bits per heavy atom. The van der Waals surface area contributed by atoms with Gasteiger partial charge in [0.15, 0.2) is 0 Å². The SMILES string of the molecule is O=C(CCCC[C@@H]1CCSS1)NCCCNC(=O)CCCC[C@@H]1CCSS1. The van der Waals surface area contributed by atoms with E-state index >= 15 is 0 Å². The van der Waals surface area contributed by atoms with Crippen LogP contribution in [0.5, 0.6) is 0 Å². The van der Waals surface area contributed by atoms with Crippen LogP contribution in [-0.4, -0.2) is 46.9 Å². The smallest absolute Gasteiger partial charge is 0.219 e. The quantitative estimate of drug-likeness (QED) is 0.286. The number of carbonyl (C=O) groups is 2. The van der Waals surface area contributed by atoms with Gasteiger partial charge in [-0.1, -0.05) is 56.0 Å². The van der Waals surface area contributed by atoms with Crippen molar-refractivity contribution >= 4 is 55.0 Å². The molecule has 0 saturated carbocycles. The predicted molar refractivity (Wildman–Crippen MR) is 124 cm³/mol. The highest BCUT2D eigenvalue weighted by atomic mass is 33.1. The average molecular weight is 451 g/mol. The molecule has 2 saturated heterocycles. The number of hydrogen-bond acceptors (Lipinski definition) is 6. The lowest BCUT2D eigenvalue weighted by atomic mass is 10.1. The number of nitrogens with one attached hydrogen (secondary N) is 2. The fourth-order valence-corrected chi connectivity index (χ4v) is 9.22. The third-order valence-electron chi connectivity index (χ3n) is 4.81. The topological polar surface area (TPSA) is 58.2 Å². The van der Waals surface area contributed by atoms with E-state index in [0.29, 0.717) is 25.9 Å². The Bertz CT molecular complexity index is 390. The zero-order valence-electron chi connectivity index (χ0n) is 16.2. The summed E-state index contributed by atoms with van der Waals surface area (Å²) in [6.07, 6.45) is 11.5. The third-order valence-corrected chi connectivity index (χ3v) is 10.8. The molecule has 2 aliphatic rings. The Morgan fingerprint density at radius 3 is 1.59 bits per heavy atom. The van der Waals surface area contributed by atoms with E-state index in [1.54, 1.807) is 0 Å². The monoisotopic (exact) mass is 450 g/mol. The van der Waals surface area contributed by atoms with Crippen molar-refractivity contribution in [3.63, 3.8) is 0 Å². The minimum absolute atomic E-state index is 0.151. The molecule has 2 N–H and O–H groups in total. The molecule has 0 unspecified atom stereocenters. The molecule has 4 nitrogen and oxygen atoms in total. The molecule has 0 spiro atoms. The van der Waals surface area contributed by atoms with Gasteiger partial charge in [0.25, 0.3) is 0 Å². The molecule has 2 aliphatic heterocycles. The number of hydrogen-bond donors (Lipinski definition) is 2. The van der Waals surface area contributed by atoms with E-state index in [2.05, 4.69) is 10.6 Å². The second-order valence-electron chi connectivity index (χ2n) is 7.20. The van der Waals surface area contributed by atoms with Gasteiger partial charge >= 0.3 is 0 Å². The van der Waals surface area contributed by atoms with Gasteiger partial charge in [0.2, 0.25) is 11.8 Å². The fourth-order valence-electron chi connectivity index (χ4n) is 3.16. The summed E-state index contributed by atoms with van der Waals surface area (Å²) >= 11 is 0. The van der Waals surface area contributed by atoms with Gasteiger partial charge in [-0.3, -0.25) is 9.59 Å². The van der Waals surface area contributed by atoms with Crippen LogP contribution in [0.4, 0.5) is 0 Å². The molecule has 8 heteroatoms. The van der Waals surface area contributed by atoms with E-state index in [1.807, 2.05) is 43.2 Å². The standard InChI is InChI=1S/C19H34N2O2S4/c22-18(8-3-1-6-16-10-14-24-26-16)20-12-5-13-21-19(23)9-4-2-7-17-11-15-25-27-17/h16-17H,1-15H2,(H,20,22)(H,21,23)/t16-,17-/m1/s1. The Kier molecular flexibility index (Phi) is 13.3. The van der Waals surface area contributed by atoms with Gasteiger partial charge in [0.1, 0.15) is 0 Å². The second-order valence-corrected chi connectivity index (χ2v) is 12.8. The molecule has 0 aromatic carbocycles. The van der Waals surface area contributed by atoms with E-state index in [0.717, 1.165) is 42.6 Å². The third kappa shape index (κ3) is 11.8. The van der Waals surface area contributed by atoms with Crippen LogP contribution in [0.15, 0.2) is 0 Å². The molecule has 0 bridgehead atoms. The molecule has 2 amide bonds. The number of amides is 2. The molecule has 2 rings (SSSR count). The summed E-state index contributed by atoms with van der Waals surface area (Å²) in [5, 5.41) is 7.54. The van der Waals surface area contributed by atoms with Gasteiger partial charge in [0, 0.05) is 47.9 Å². The highest BCUT2D eigenvalue weighted by molar-refractivity contribution is 8.77. The number of unbranched alkanes of at least 4 members (excludes halogenated alkanes) is 2. The van der Waals surface area contributed by atoms with Gasteiger partial charge in [-0.25, -0.2) is 0 Å². The molecule has 0 aromatic rings. The maximum atomic E-state index is 11.8. The lowest BCUT2D eigenvalue weighted by Crippen LogP contribution is -2.29. The first-order valence-corrected chi connectivity index (χ1v) is 15.1. The molecular formula is C19H34N2O2S4. The molecule has 27 heavy (non-hydrogen) atoms. The van der Waals surface area contributed by atoms with E-state index in [4.69, 9.17) is 0 Å². The van der Waals surface area contributed by atoms with Crippen LogP contribution in [0.2, 0.25) is 0 Å². The maximum absolute atomic E-state index is 11.8. The number of rotatable bonds is 14. The normalized spacial score (nSPS) is 22.1. The summed E-state index contributed by atoms with van der Waals surface area (Å²) in [5.74, 6) is 2.87. The van der Waals surface area contributed by atoms with Crippen molar-refractivity contribution in [2.45, 2.75) is 81.1 Å². The minimum Gasteiger partial charge on any atom is -0.356 e. The van der Waals surface area contributed by atoms with Crippen molar-refractivity contribution in [1.29, 1.82) is 0 Å². The minimum atomic E-state index is 0.151. The van der Waals surface area contributed by atoms with Crippen molar-refractivity contribution in [3.05, 3.63) is 0 Å². The van der Waals surface area contributed by atoms with E-state index in [9.17, 15) is 9.59 Å². The first-order chi connectivity index (χ1) is 13.2. The maximum Gasteiger partial charge on any atom is 0.219 e. The van der Waals surface area contributed by atoms with Gasteiger partial charge in [0.05, 0.1) is 0 Å². The molecule has 0 aromatic heterocycles. The summed E-state index contributed by atoms with van der Waals surface area (Å²) in [7, 11) is 7.99. The molecular weight excluding hydrogens is 416 g/mol. The first kappa shape index (κ1) is 23.6. The van der Waals surface area contributed by atoms with Gasteiger partial charge in [-0.05, 0) is 44.9 Å². The lowest BCUT2D eigenvalue weighted by molar-refractivity contribution is -0.121. The van der Waals surface area contributed by atoms with Crippen LogP contribution >= 0.6 is 43.2 Å². The zero-order valence-corrected chi connectivity index (χ0v) is 19.5. The van der Waals surface area contributed by atoms with Crippen molar-refractivity contribution in [2.24, 2.45) is 0 Å². The molecule has 156 valence electrons. The van der Waals surface area contributed by atoms with Crippen LogP contribution in [0, 0.1) is 0 Å². The van der Waals surface area contributed by atoms with Crippen molar-refractivity contribution < 1.29 is 9.59 Å². The van der Waals surface area contributed by atoms with Gasteiger partial charge < -0.3 is 10.6 Å². The van der Waals surface area contributed by atoms with Crippen LogP contribution < -0.4 is 10.6 Å². The second kappa shape index (κ2) is 15.2. The van der Waals surface area contributed by atoms with Crippen molar-refractivity contribution in [1.82, 2.24) is 10.6 Å². The van der Waals surface area contributed by atoms with Crippen LogP contribution in [0.25, 0.3) is 0 Å². The summed E-state index contributed by atoms with van der Waals surface area (Å²) in [5.41, 5.74) is 0. The largest absolute Gasteiger partial charge is 0.356 e. The molecule has 0 radical (unpaired) electrons. The van der Waals surface area contributed by atoms with Gasteiger partial charge in [-0.15, -0.1) is 0 Å². The lowest BCUT2D eigenvalue weighted by Gasteiger charge is -2.09. The fraction of sp³-hybridized carbons (Fsp3) is 0.895. The highest BCUT2D eigenvalue weighted by Crippen LogP contribution is 2.40. The van der Waals surface area contributed by atoms with E-state index in [-0.39, 0.29) is 11.8 Å². The molecule has 2 atom stereocenters. The zero-order chi connectivity index (χ0) is 19.2. The molecule has 0 aliphatic carbocycles. The Morgan fingerprint density at radius 1 is 0.704 bits per heavy atom. The number of carbonyl (C=O) groups excluding carboxylic acids is 2. The Hall–Kier alpha value is 0.340. The van der Waals surface area contributed by atoms with Gasteiger partial charge in [-0.2, -0.15) is 0 Å². The highest BCUT2D eigenvalue weighted by Gasteiger charge is 2.16. The van der Waals surface area contributed by atoms with Crippen LogP contribution in [-0.2, 0) is 9.59 Å². The Balaban J connectivity index is 1.32. The van der Waals surface area contributed by atoms with Crippen LogP contribution in [0.3, 0.4) is 0 Å². The summed E-state index contributed by atoms with van der Waals surface area (Å²) < 4.78 is 0. The molecule has 2 heterocycles. The summed E-state index contributed by atoms with van der Waals surface area (Å²) in [6.45, 7) is 1.32.